The minimum Gasteiger partial charge on any atom is -0.399 e. The Morgan fingerprint density at radius 3 is 2.74 bits per heavy atom. The van der Waals surface area contributed by atoms with Crippen LogP contribution in [0.5, 0.6) is 0 Å². The summed E-state index contributed by atoms with van der Waals surface area (Å²) in [6, 6.07) is 11.7. The van der Waals surface area contributed by atoms with Crippen molar-refractivity contribution in [3.8, 4) is 0 Å². The van der Waals surface area contributed by atoms with Gasteiger partial charge in [-0.05, 0) is 36.4 Å². The second-order valence-electron chi connectivity index (χ2n) is 5.25. The lowest BCUT2D eigenvalue weighted by atomic mass is 10.1. The van der Waals surface area contributed by atoms with Gasteiger partial charge in [-0.25, -0.2) is 9.97 Å². The maximum atomic E-state index is 12.6. The molecule has 1 atom stereocenters. The molecule has 4 rings (SSSR count). The van der Waals surface area contributed by atoms with Gasteiger partial charge in [0.15, 0.2) is 11.9 Å². The summed E-state index contributed by atoms with van der Waals surface area (Å²) in [5, 5.41) is 11.6. The second-order valence-corrected chi connectivity index (χ2v) is 5.63. The van der Waals surface area contributed by atoms with Crippen molar-refractivity contribution in [2.75, 3.05) is 10.6 Å². The monoisotopic (exact) mass is 326 g/mol. The van der Waals surface area contributed by atoms with Crippen LogP contribution in [0.4, 0.5) is 11.5 Å². The van der Waals surface area contributed by atoms with Crippen molar-refractivity contribution < 1.29 is 9.90 Å². The van der Waals surface area contributed by atoms with Crippen molar-refractivity contribution in [3.63, 3.8) is 0 Å². The maximum Gasteiger partial charge on any atom is 0.262 e. The zero-order valence-electron chi connectivity index (χ0n) is 11.8. The molecular weight excluding hydrogens is 316 g/mol. The Morgan fingerprint density at radius 2 is 1.91 bits per heavy atom. The summed E-state index contributed by atoms with van der Waals surface area (Å²) in [6.07, 6.45) is -1.11. The fourth-order valence-electron chi connectivity index (χ4n) is 2.69. The fraction of sp³-hybridized carbons (Fsp3) is 0.0625. The van der Waals surface area contributed by atoms with Gasteiger partial charge in [0.2, 0.25) is 0 Å². The number of anilines is 2. The Hall–Kier alpha value is -2.70. The van der Waals surface area contributed by atoms with Crippen molar-refractivity contribution in [3.05, 3.63) is 58.7 Å². The van der Waals surface area contributed by atoms with Gasteiger partial charge < -0.3 is 10.8 Å². The van der Waals surface area contributed by atoms with Crippen LogP contribution in [-0.4, -0.2) is 21.0 Å². The number of fused-ring (bicyclic) bond motifs is 2. The van der Waals surface area contributed by atoms with E-state index >= 15 is 0 Å². The third kappa shape index (κ3) is 2.11. The summed E-state index contributed by atoms with van der Waals surface area (Å²) < 4.78 is 0. The molecule has 1 unspecified atom stereocenters. The molecule has 0 saturated carbocycles. The van der Waals surface area contributed by atoms with Crippen LogP contribution < -0.4 is 10.6 Å². The van der Waals surface area contributed by atoms with Crippen molar-refractivity contribution in [1.29, 1.82) is 0 Å². The van der Waals surface area contributed by atoms with Gasteiger partial charge in [-0.3, -0.25) is 9.69 Å². The summed E-state index contributed by atoms with van der Waals surface area (Å²) in [5.74, 6) is -0.0479. The number of benzene rings is 1. The highest BCUT2D eigenvalue weighted by Gasteiger charge is 2.37. The number of nitrogen functional groups attached to an aromatic ring is 1. The molecule has 6 nitrogen and oxygen atoms in total. The molecule has 0 saturated heterocycles. The van der Waals surface area contributed by atoms with Crippen LogP contribution >= 0.6 is 11.6 Å². The van der Waals surface area contributed by atoms with E-state index in [2.05, 4.69) is 9.97 Å². The normalized spacial score (nSPS) is 16.9. The number of amides is 1. The number of aliphatic hydroxyl groups excluding tert-OH is 1. The van der Waals surface area contributed by atoms with E-state index in [-0.39, 0.29) is 5.91 Å². The number of halogens is 1. The molecule has 0 fully saturated rings. The molecule has 1 aliphatic heterocycles. The maximum absolute atomic E-state index is 12.6. The number of hydrogen-bond acceptors (Lipinski definition) is 5. The minimum atomic E-state index is -1.11. The molecule has 3 aromatic rings. The molecule has 0 spiro atoms. The Morgan fingerprint density at radius 1 is 1.13 bits per heavy atom. The van der Waals surface area contributed by atoms with Gasteiger partial charge in [-0.15, -0.1) is 0 Å². The smallest absolute Gasteiger partial charge is 0.262 e. The molecule has 114 valence electrons. The summed E-state index contributed by atoms with van der Waals surface area (Å²) >= 11 is 5.88. The van der Waals surface area contributed by atoms with Gasteiger partial charge in [0, 0.05) is 22.2 Å². The quantitative estimate of drug-likeness (QED) is 0.529. The van der Waals surface area contributed by atoms with Crippen LogP contribution in [0.15, 0.2) is 42.5 Å². The minimum absolute atomic E-state index is 0.305. The highest BCUT2D eigenvalue weighted by Crippen LogP contribution is 2.36. The highest BCUT2D eigenvalue weighted by molar-refractivity contribution is 6.29. The molecule has 1 aliphatic rings. The first-order chi connectivity index (χ1) is 11.0. The molecule has 0 radical (unpaired) electrons. The fourth-order valence-corrected chi connectivity index (χ4v) is 2.84. The van der Waals surface area contributed by atoms with Crippen LogP contribution in [0.1, 0.15) is 22.1 Å². The first-order valence-corrected chi connectivity index (χ1v) is 7.27. The van der Waals surface area contributed by atoms with E-state index in [0.29, 0.717) is 33.4 Å². The lowest BCUT2D eigenvalue weighted by molar-refractivity contribution is 0.0933. The third-order valence-electron chi connectivity index (χ3n) is 3.80. The Bertz CT molecular complexity index is 960. The van der Waals surface area contributed by atoms with Crippen LogP contribution in [0, 0.1) is 0 Å². The van der Waals surface area contributed by atoms with E-state index in [9.17, 15) is 9.90 Å². The summed E-state index contributed by atoms with van der Waals surface area (Å²) in [4.78, 5) is 22.3. The molecule has 0 aliphatic carbocycles. The molecule has 2 aromatic heterocycles. The highest BCUT2D eigenvalue weighted by atomic mass is 35.5. The van der Waals surface area contributed by atoms with Gasteiger partial charge >= 0.3 is 0 Å². The number of aromatic nitrogens is 2. The number of pyridine rings is 2. The van der Waals surface area contributed by atoms with Crippen molar-refractivity contribution >= 4 is 40.0 Å². The van der Waals surface area contributed by atoms with Gasteiger partial charge in [0.25, 0.3) is 5.91 Å². The number of aliphatic hydroxyl groups is 1. The molecular formula is C16H11ClN4O2. The Kier molecular flexibility index (Phi) is 2.97. The molecule has 3 heterocycles. The number of hydrogen-bond donors (Lipinski definition) is 2. The standard InChI is InChI=1S/C16H11ClN4O2/c17-12-5-1-8-2-6-13(20-14(8)19-12)21-15(22)10-4-3-9(18)7-11(10)16(21)23/h1-7,15,22H,18H2. The lowest BCUT2D eigenvalue weighted by Crippen LogP contribution is -2.28. The van der Waals surface area contributed by atoms with E-state index < -0.39 is 6.23 Å². The summed E-state index contributed by atoms with van der Waals surface area (Å²) in [6.45, 7) is 0. The first-order valence-electron chi connectivity index (χ1n) is 6.89. The van der Waals surface area contributed by atoms with Crippen molar-refractivity contribution in [2.24, 2.45) is 0 Å². The molecule has 0 bridgehead atoms. The zero-order valence-corrected chi connectivity index (χ0v) is 12.5. The topological polar surface area (TPSA) is 92.3 Å². The van der Waals surface area contributed by atoms with Crippen molar-refractivity contribution in [2.45, 2.75) is 6.23 Å². The Labute approximate surface area is 136 Å². The lowest BCUT2D eigenvalue weighted by Gasteiger charge is -2.19. The predicted octanol–water partition coefficient (Wildman–Crippen LogP) is 2.52. The van der Waals surface area contributed by atoms with Gasteiger partial charge in [-0.2, -0.15) is 0 Å². The van der Waals surface area contributed by atoms with Gasteiger partial charge in [-0.1, -0.05) is 17.7 Å². The van der Waals surface area contributed by atoms with Gasteiger partial charge in [0.05, 0.1) is 0 Å². The second kappa shape index (κ2) is 4.91. The average Bonchev–Trinajstić information content (AvgIpc) is 2.77. The number of carbonyl (C=O) groups excluding carboxylic acids is 1. The SMILES string of the molecule is Nc1ccc2c(c1)C(=O)N(c1ccc3ccc(Cl)nc3n1)C2O. The molecule has 1 aromatic carbocycles. The molecule has 23 heavy (non-hydrogen) atoms. The van der Waals surface area contributed by atoms with E-state index in [4.69, 9.17) is 17.3 Å². The molecule has 3 N–H and O–H groups in total. The van der Waals surface area contributed by atoms with E-state index in [0.717, 1.165) is 5.39 Å². The van der Waals surface area contributed by atoms with Crippen LogP contribution in [0.3, 0.4) is 0 Å². The number of carbonyl (C=O) groups is 1. The summed E-state index contributed by atoms with van der Waals surface area (Å²) in [7, 11) is 0. The van der Waals surface area contributed by atoms with Crippen molar-refractivity contribution in [1.82, 2.24) is 9.97 Å². The Balaban J connectivity index is 1.84. The van der Waals surface area contributed by atoms with E-state index in [1.54, 1.807) is 42.5 Å². The number of rotatable bonds is 1. The van der Waals surface area contributed by atoms with E-state index in [1.807, 2.05) is 0 Å². The molecule has 1 amide bonds. The van der Waals surface area contributed by atoms with Crippen LogP contribution in [0.25, 0.3) is 11.0 Å². The van der Waals surface area contributed by atoms with Crippen LogP contribution in [0.2, 0.25) is 5.15 Å². The van der Waals surface area contributed by atoms with Gasteiger partial charge in [0.1, 0.15) is 11.0 Å². The number of nitrogens with two attached hydrogens (primary N) is 1. The number of nitrogens with zero attached hydrogens (tertiary/aromatic N) is 3. The predicted molar refractivity (Wildman–Crippen MR) is 87.2 cm³/mol. The molecule has 7 heteroatoms. The zero-order chi connectivity index (χ0) is 16.1. The summed E-state index contributed by atoms with van der Waals surface area (Å²) in [5.41, 5.74) is 7.47. The van der Waals surface area contributed by atoms with Crippen LogP contribution in [-0.2, 0) is 0 Å². The third-order valence-corrected chi connectivity index (χ3v) is 4.01. The first kappa shape index (κ1) is 13.9. The average molecular weight is 327 g/mol. The largest absolute Gasteiger partial charge is 0.399 e. The van der Waals surface area contributed by atoms with E-state index in [1.165, 1.54) is 4.90 Å².